The van der Waals surface area contributed by atoms with E-state index < -0.39 is 0 Å². The molecule has 0 bridgehead atoms. The lowest BCUT2D eigenvalue weighted by atomic mass is 10.0. The first-order chi connectivity index (χ1) is 6.13. The van der Waals surface area contributed by atoms with Crippen LogP contribution in [0.4, 0.5) is 0 Å². The number of hydrogen-bond acceptors (Lipinski definition) is 2. The second kappa shape index (κ2) is 4.58. The van der Waals surface area contributed by atoms with Crippen molar-refractivity contribution in [3.05, 3.63) is 0 Å². The fourth-order valence-corrected chi connectivity index (χ4v) is 1.32. The average Bonchev–Trinajstić information content (AvgIpc) is 2.17. The molecule has 1 saturated heterocycles. The predicted octanol–water partition coefficient (Wildman–Crippen LogP) is -0.584. The van der Waals surface area contributed by atoms with Crippen molar-refractivity contribution in [1.82, 2.24) is 10.2 Å². The van der Waals surface area contributed by atoms with Crippen molar-refractivity contribution in [3.8, 4) is 0 Å². The molecule has 1 unspecified atom stereocenters. The van der Waals surface area contributed by atoms with Gasteiger partial charge >= 0.3 is 0 Å². The Morgan fingerprint density at radius 3 is 2.38 bits per heavy atom. The van der Waals surface area contributed by atoms with Gasteiger partial charge in [-0.25, -0.2) is 5.32 Å². The Morgan fingerprint density at radius 2 is 1.92 bits per heavy atom. The molecule has 0 saturated carbocycles. The number of rotatable bonds is 2. The molecule has 1 heterocycles. The Hall–Kier alpha value is -0.610. The molecule has 1 aliphatic heterocycles. The fourth-order valence-electron chi connectivity index (χ4n) is 1.32. The van der Waals surface area contributed by atoms with E-state index in [4.69, 9.17) is 5.73 Å². The number of amides is 1. The van der Waals surface area contributed by atoms with Gasteiger partial charge in [0.25, 0.3) is 0 Å². The average molecular weight is 184 g/mol. The van der Waals surface area contributed by atoms with Crippen molar-refractivity contribution in [2.24, 2.45) is 11.7 Å². The molecule has 2 N–H and O–H groups in total. The largest absolute Gasteiger partial charge is 0.339 e. The molecule has 1 rings (SSSR count). The monoisotopic (exact) mass is 184 g/mol. The van der Waals surface area contributed by atoms with Crippen molar-refractivity contribution in [1.29, 1.82) is 0 Å². The summed E-state index contributed by atoms with van der Waals surface area (Å²) >= 11 is 0. The van der Waals surface area contributed by atoms with Crippen LogP contribution in [0.25, 0.3) is 0 Å². The van der Waals surface area contributed by atoms with E-state index in [1.165, 1.54) is 0 Å². The summed E-state index contributed by atoms with van der Waals surface area (Å²) in [6.07, 6.45) is 0. The predicted molar refractivity (Wildman–Crippen MR) is 51.3 cm³/mol. The van der Waals surface area contributed by atoms with Gasteiger partial charge in [0.05, 0.1) is 6.04 Å². The van der Waals surface area contributed by atoms with Gasteiger partial charge in [0.15, 0.2) is 0 Å². The van der Waals surface area contributed by atoms with E-state index in [0.717, 1.165) is 26.2 Å². The first-order valence-corrected chi connectivity index (χ1v) is 4.80. The number of carbonyl (C=O) groups excluding carboxylic acids is 1. The van der Waals surface area contributed by atoms with E-state index in [0.29, 0.717) is 0 Å². The number of nitrogens with two attached hydrogens (primary N) is 1. The lowest BCUT2D eigenvalue weighted by molar-refractivity contribution is -0.134. The molecule has 0 aromatic rings. The fraction of sp³-hybridized carbons (Fsp3) is 0.889. The van der Waals surface area contributed by atoms with Gasteiger partial charge in [-0.1, -0.05) is 13.8 Å². The van der Waals surface area contributed by atoms with Crippen molar-refractivity contribution in [2.75, 3.05) is 26.2 Å². The van der Waals surface area contributed by atoms with Gasteiger partial charge in [0.2, 0.25) is 5.91 Å². The first kappa shape index (κ1) is 10.5. The van der Waals surface area contributed by atoms with Gasteiger partial charge in [-0.3, -0.25) is 4.79 Å². The normalized spacial score (nSPS) is 20.5. The van der Waals surface area contributed by atoms with Gasteiger partial charge in [0, 0.05) is 26.2 Å². The van der Waals surface area contributed by atoms with Crippen LogP contribution in [0.15, 0.2) is 0 Å². The third-order valence-corrected chi connectivity index (χ3v) is 2.37. The molecule has 75 valence electrons. The third kappa shape index (κ3) is 2.67. The summed E-state index contributed by atoms with van der Waals surface area (Å²) in [6.45, 7) is 6.93. The second-order valence-corrected chi connectivity index (χ2v) is 3.77. The van der Waals surface area contributed by atoms with E-state index in [9.17, 15) is 4.79 Å². The molecular weight excluding hydrogens is 166 g/mol. The van der Waals surface area contributed by atoms with Gasteiger partial charge in [0.1, 0.15) is 0 Å². The van der Waals surface area contributed by atoms with Crippen LogP contribution in [0.2, 0.25) is 0 Å². The van der Waals surface area contributed by atoms with Crippen LogP contribution in [-0.2, 0) is 4.79 Å². The highest BCUT2D eigenvalue weighted by Crippen LogP contribution is 2.04. The molecule has 4 nitrogen and oxygen atoms in total. The lowest BCUT2D eigenvalue weighted by Gasteiger charge is -2.30. The standard InChI is InChI=1S/C9H18N3O/c1-7(2)8(10)9(13)12-5-3-11-4-6-12/h7-8H,3-6,10H2,1-2H3. The maximum atomic E-state index is 11.7. The minimum absolute atomic E-state index is 0.0740. The van der Waals surface area contributed by atoms with Crippen LogP contribution >= 0.6 is 0 Å². The molecular formula is C9H18N3O. The second-order valence-electron chi connectivity index (χ2n) is 3.77. The Labute approximate surface area is 79.5 Å². The Bertz CT molecular complexity index is 176. The molecule has 1 radical (unpaired) electrons. The minimum atomic E-state index is -0.349. The first-order valence-electron chi connectivity index (χ1n) is 4.80. The van der Waals surface area contributed by atoms with Crippen LogP contribution in [-0.4, -0.2) is 43.0 Å². The zero-order valence-electron chi connectivity index (χ0n) is 8.36. The molecule has 13 heavy (non-hydrogen) atoms. The third-order valence-electron chi connectivity index (χ3n) is 2.37. The molecule has 1 amide bonds. The highest BCUT2D eigenvalue weighted by Gasteiger charge is 2.24. The van der Waals surface area contributed by atoms with Crippen LogP contribution < -0.4 is 11.1 Å². The van der Waals surface area contributed by atoms with Crippen LogP contribution in [0.1, 0.15) is 13.8 Å². The van der Waals surface area contributed by atoms with E-state index in [2.05, 4.69) is 5.32 Å². The SMILES string of the molecule is CC(C)C(N)C(=O)N1CC[N]CC1. The summed E-state index contributed by atoms with van der Waals surface area (Å²) in [5, 5.41) is 4.18. The summed E-state index contributed by atoms with van der Waals surface area (Å²) in [4.78, 5) is 13.5. The van der Waals surface area contributed by atoms with Crippen molar-refractivity contribution in [2.45, 2.75) is 19.9 Å². The van der Waals surface area contributed by atoms with E-state index in [1.54, 1.807) is 0 Å². The quantitative estimate of drug-likeness (QED) is 0.624. The van der Waals surface area contributed by atoms with E-state index in [-0.39, 0.29) is 17.9 Å². The summed E-state index contributed by atoms with van der Waals surface area (Å²) in [6, 6.07) is -0.349. The van der Waals surface area contributed by atoms with Crippen molar-refractivity contribution in [3.63, 3.8) is 0 Å². The molecule has 4 heteroatoms. The summed E-state index contributed by atoms with van der Waals surface area (Å²) < 4.78 is 0. The van der Waals surface area contributed by atoms with Gasteiger partial charge < -0.3 is 10.6 Å². The van der Waals surface area contributed by atoms with Crippen LogP contribution in [0.5, 0.6) is 0 Å². The lowest BCUT2D eigenvalue weighted by Crippen LogP contribution is -2.51. The molecule has 0 aromatic heterocycles. The van der Waals surface area contributed by atoms with Gasteiger partial charge in [-0.2, -0.15) is 0 Å². The Kier molecular flexibility index (Phi) is 3.69. The highest BCUT2D eigenvalue weighted by molar-refractivity contribution is 5.82. The molecule has 0 aromatic carbocycles. The highest BCUT2D eigenvalue weighted by atomic mass is 16.2. The summed E-state index contributed by atoms with van der Waals surface area (Å²) in [5.74, 6) is 0.288. The molecule has 0 aliphatic carbocycles. The number of carbonyl (C=O) groups is 1. The molecule has 0 spiro atoms. The summed E-state index contributed by atoms with van der Waals surface area (Å²) in [5.41, 5.74) is 5.77. The van der Waals surface area contributed by atoms with Gasteiger partial charge in [-0.05, 0) is 5.92 Å². The zero-order valence-corrected chi connectivity index (χ0v) is 8.36. The van der Waals surface area contributed by atoms with Crippen LogP contribution in [0.3, 0.4) is 0 Å². The maximum Gasteiger partial charge on any atom is 0.239 e. The minimum Gasteiger partial charge on any atom is -0.339 e. The molecule has 1 aliphatic rings. The molecule has 1 atom stereocenters. The number of piperazine rings is 1. The number of nitrogens with zero attached hydrogens (tertiary/aromatic N) is 2. The Balaban J connectivity index is 2.45. The Morgan fingerprint density at radius 1 is 1.38 bits per heavy atom. The smallest absolute Gasteiger partial charge is 0.239 e. The van der Waals surface area contributed by atoms with E-state index >= 15 is 0 Å². The number of hydrogen-bond donors (Lipinski definition) is 1. The molecule has 1 fully saturated rings. The van der Waals surface area contributed by atoms with Crippen LogP contribution in [0, 0.1) is 5.92 Å². The van der Waals surface area contributed by atoms with E-state index in [1.807, 2.05) is 18.7 Å². The maximum absolute atomic E-state index is 11.7. The topological polar surface area (TPSA) is 60.4 Å². The zero-order chi connectivity index (χ0) is 9.84. The summed E-state index contributed by atoms with van der Waals surface area (Å²) in [7, 11) is 0. The van der Waals surface area contributed by atoms with Crippen molar-refractivity contribution >= 4 is 5.91 Å². The van der Waals surface area contributed by atoms with Gasteiger partial charge in [-0.15, -0.1) is 0 Å². The van der Waals surface area contributed by atoms with Crippen molar-refractivity contribution < 1.29 is 4.79 Å².